The third-order valence-electron chi connectivity index (χ3n) is 3.83. The van der Waals surface area contributed by atoms with E-state index < -0.39 is 0 Å². The number of hydrogen-bond donors (Lipinski definition) is 1. The minimum absolute atomic E-state index is 0.216. The summed E-state index contributed by atoms with van der Waals surface area (Å²) in [5, 5.41) is 0. The van der Waals surface area contributed by atoms with E-state index in [1.165, 1.54) is 12.0 Å². The zero-order valence-corrected chi connectivity index (χ0v) is 10.7. The van der Waals surface area contributed by atoms with Gasteiger partial charge in [-0.15, -0.1) is 0 Å². The van der Waals surface area contributed by atoms with Crippen LogP contribution in [0.4, 0.5) is 0 Å². The van der Waals surface area contributed by atoms with Crippen molar-refractivity contribution in [2.75, 3.05) is 18.1 Å². The van der Waals surface area contributed by atoms with Crippen molar-refractivity contribution in [3.05, 3.63) is 35.9 Å². The van der Waals surface area contributed by atoms with Crippen molar-refractivity contribution in [2.24, 2.45) is 11.7 Å². The van der Waals surface area contributed by atoms with Crippen LogP contribution in [-0.4, -0.2) is 30.3 Å². The minimum atomic E-state index is 0.216. The van der Waals surface area contributed by atoms with Gasteiger partial charge in [-0.3, -0.25) is 0 Å². The second-order valence-electron chi connectivity index (χ2n) is 4.98. The molecule has 2 N–H and O–H groups in total. The van der Waals surface area contributed by atoms with Gasteiger partial charge >= 0.3 is 0 Å². The lowest BCUT2D eigenvalue weighted by Gasteiger charge is -2.28. The molecule has 0 spiro atoms. The van der Waals surface area contributed by atoms with Crippen molar-refractivity contribution in [1.82, 2.24) is 0 Å². The molecule has 0 amide bonds. The number of thioether (sulfide) groups is 1. The first-order valence-electron chi connectivity index (χ1n) is 6.36. The highest BCUT2D eigenvalue weighted by atomic mass is 32.2. The molecule has 1 aliphatic carbocycles. The zero-order valence-electron chi connectivity index (χ0n) is 9.92. The minimum Gasteiger partial charge on any atom is -0.375 e. The molecule has 17 heavy (non-hydrogen) atoms. The van der Waals surface area contributed by atoms with Crippen molar-refractivity contribution in [1.29, 1.82) is 0 Å². The summed E-state index contributed by atoms with van der Waals surface area (Å²) in [7, 11) is 0. The third kappa shape index (κ3) is 2.51. The van der Waals surface area contributed by atoms with Gasteiger partial charge in [-0.25, -0.2) is 0 Å². The van der Waals surface area contributed by atoms with Gasteiger partial charge in [-0.05, 0) is 23.8 Å². The Bertz CT molecular complexity index is 364. The van der Waals surface area contributed by atoms with Crippen LogP contribution in [0.15, 0.2) is 30.3 Å². The number of hydrogen-bond acceptors (Lipinski definition) is 3. The summed E-state index contributed by atoms with van der Waals surface area (Å²) in [6, 6.07) is 10.9. The summed E-state index contributed by atoms with van der Waals surface area (Å²) in [6.07, 6.45) is 1.50. The molecule has 4 unspecified atom stereocenters. The summed E-state index contributed by atoms with van der Waals surface area (Å²) >= 11 is 1.97. The fraction of sp³-hybridized carbons (Fsp3) is 0.571. The van der Waals surface area contributed by atoms with Gasteiger partial charge in [0.15, 0.2) is 0 Å². The molecule has 92 valence electrons. The Morgan fingerprint density at radius 3 is 2.82 bits per heavy atom. The molecule has 0 radical (unpaired) electrons. The van der Waals surface area contributed by atoms with Gasteiger partial charge in [0, 0.05) is 17.5 Å². The second-order valence-corrected chi connectivity index (χ2v) is 6.13. The Morgan fingerprint density at radius 1 is 1.29 bits per heavy atom. The van der Waals surface area contributed by atoms with E-state index in [9.17, 15) is 0 Å². The standard InChI is InChI=1S/C14H19NOS/c15-14(13-9-17-7-6-16-13)12-8-11(12)10-4-2-1-3-5-10/h1-5,11-14H,6-9,15H2. The highest BCUT2D eigenvalue weighted by Crippen LogP contribution is 2.50. The van der Waals surface area contributed by atoms with Crippen molar-refractivity contribution >= 4 is 11.8 Å². The van der Waals surface area contributed by atoms with E-state index in [-0.39, 0.29) is 12.1 Å². The Kier molecular flexibility index (Phi) is 3.41. The maximum absolute atomic E-state index is 6.34. The SMILES string of the molecule is NC(C1CSCCO1)C1CC1c1ccccc1. The van der Waals surface area contributed by atoms with Gasteiger partial charge in [0.2, 0.25) is 0 Å². The van der Waals surface area contributed by atoms with Crippen molar-refractivity contribution < 1.29 is 4.74 Å². The lowest BCUT2D eigenvalue weighted by atomic mass is 10.0. The predicted octanol–water partition coefficient (Wildman–Crippen LogP) is 2.25. The summed E-state index contributed by atoms with van der Waals surface area (Å²) in [6.45, 7) is 0.867. The molecule has 1 aliphatic heterocycles. The fourth-order valence-corrected chi connectivity index (χ4v) is 3.66. The van der Waals surface area contributed by atoms with Crippen LogP contribution in [0, 0.1) is 5.92 Å². The topological polar surface area (TPSA) is 35.2 Å². The van der Waals surface area contributed by atoms with Crippen LogP contribution in [0.25, 0.3) is 0 Å². The molecular formula is C14H19NOS. The molecule has 3 heteroatoms. The number of nitrogens with two attached hydrogens (primary N) is 1. The van der Waals surface area contributed by atoms with Crippen LogP contribution in [-0.2, 0) is 4.74 Å². The fourth-order valence-electron chi connectivity index (χ4n) is 2.73. The van der Waals surface area contributed by atoms with Gasteiger partial charge in [-0.1, -0.05) is 30.3 Å². The molecule has 2 fully saturated rings. The molecular weight excluding hydrogens is 230 g/mol. The Labute approximate surface area is 107 Å². The lowest BCUT2D eigenvalue weighted by Crippen LogP contribution is -2.43. The van der Waals surface area contributed by atoms with Crippen LogP contribution in [0.1, 0.15) is 17.9 Å². The van der Waals surface area contributed by atoms with Gasteiger partial charge in [0.05, 0.1) is 12.7 Å². The lowest BCUT2D eigenvalue weighted by molar-refractivity contribution is 0.0514. The Morgan fingerprint density at radius 2 is 2.12 bits per heavy atom. The maximum atomic E-state index is 6.34. The van der Waals surface area contributed by atoms with Gasteiger partial charge in [0.25, 0.3) is 0 Å². The van der Waals surface area contributed by atoms with E-state index >= 15 is 0 Å². The highest BCUT2D eigenvalue weighted by Gasteiger charge is 2.45. The highest BCUT2D eigenvalue weighted by molar-refractivity contribution is 7.99. The molecule has 0 bridgehead atoms. The molecule has 2 aliphatic rings. The Hall–Kier alpha value is -0.510. The Balaban J connectivity index is 1.60. The van der Waals surface area contributed by atoms with Crippen LogP contribution in [0.5, 0.6) is 0 Å². The third-order valence-corrected chi connectivity index (χ3v) is 4.85. The number of rotatable bonds is 3. The number of ether oxygens (including phenoxy) is 1. The van der Waals surface area contributed by atoms with Gasteiger partial charge < -0.3 is 10.5 Å². The average Bonchev–Trinajstić information content (AvgIpc) is 3.20. The normalized spacial score (nSPS) is 34.3. The quantitative estimate of drug-likeness (QED) is 0.892. The molecule has 1 saturated heterocycles. The second kappa shape index (κ2) is 5.01. The van der Waals surface area contributed by atoms with Crippen molar-refractivity contribution in [3.8, 4) is 0 Å². The largest absolute Gasteiger partial charge is 0.375 e. The zero-order chi connectivity index (χ0) is 11.7. The summed E-state index contributed by atoms with van der Waals surface area (Å²) in [5.74, 6) is 3.48. The molecule has 2 nitrogen and oxygen atoms in total. The van der Waals surface area contributed by atoms with Crippen molar-refractivity contribution in [2.45, 2.75) is 24.5 Å². The molecule has 1 heterocycles. The van der Waals surface area contributed by atoms with E-state index in [0.717, 1.165) is 18.1 Å². The molecule has 0 aromatic heterocycles. The maximum Gasteiger partial charge on any atom is 0.0819 e. The molecule has 1 aromatic carbocycles. The van der Waals surface area contributed by atoms with Crippen LogP contribution in [0.3, 0.4) is 0 Å². The predicted molar refractivity (Wildman–Crippen MR) is 72.3 cm³/mol. The van der Waals surface area contributed by atoms with E-state index in [1.54, 1.807) is 0 Å². The summed E-state index contributed by atoms with van der Waals surface area (Å²) in [4.78, 5) is 0. The van der Waals surface area contributed by atoms with Gasteiger partial charge in [0.1, 0.15) is 0 Å². The van der Waals surface area contributed by atoms with E-state index in [0.29, 0.717) is 11.8 Å². The monoisotopic (exact) mass is 249 g/mol. The summed E-state index contributed by atoms with van der Waals surface area (Å²) < 4.78 is 5.78. The molecule has 1 saturated carbocycles. The van der Waals surface area contributed by atoms with Crippen LogP contribution < -0.4 is 5.73 Å². The summed E-state index contributed by atoms with van der Waals surface area (Å²) in [5.41, 5.74) is 7.78. The smallest absolute Gasteiger partial charge is 0.0819 e. The van der Waals surface area contributed by atoms with E-state index in [2.05, 4.69) is 30.3 Å². The van der Waals surface area contributed by atoms with Crippen LogP contribution >= 0.6 is 11.8 Å². The molecule has 1 aromatic rings. The number of benzene rings is 1. The first-order chi connectivity index (χ1) is 8.36. The first-order valence-corrected chi connectivity index (χ1v) is 7.51. The van der Waals surface area contributed by atoms with Crippen molar-refractivity contribution in [3.63, 3.8) is 0 Å². The van der Waals surface area contributed by atoms with Gasteiger partial charge in [-0.2, -0.15) is 11.8 Å². The molecule has 4 atom stereocenters. The molecule has 3 rings (SSSR count). The van der Waals surface area contributed by atoms with Crippen LogP contribution in [0.2, 0.25) is 0 Å². The first kappa shape index (κ1) is 11.6. The van der Waals surface area contributed by atoms with E-state index in [4.69, 9.17) is 10.5 Å². The average molecular weight is 249 g/mol. The van der Waals surface area contributed by atoms with E-state index in [1.807, 2.05) is 11.8 Å².